The molecule has 21 heavy (non-hydrogen) atoms. The van der Waals surface area contributed by atoms with Crippen LogP contribution in [0, 0.1) is 17.5 Å². The molecule has 0 spiro atoms. The summed E-state index contributed by atoms with van der Waals surface area (Å²) in [6.45, 7) is 2.62. The van der Waals surface area contributed by atoms with Gasteiger partial charge in [0.05, 0.1) is 6.04 Å². The van der Waals surface area contributed by atoms with Crippen molar-refractivity contribution in [3.8, 4) is 0 Å². The number of aromatic nitrogens is 3. The predicted molar refractivity (Wildman–Crippen MR) is 70.4 cm³/mol. The number of hydrogen-bond donors (Lipinski definition) is 2. The van der Waals surface area contributed by atoms with E-state index in [1.165, 1.54) is 6.33 Å². The molecule has 8 heteroatoms. The van der Waals surface area contributed by atoms with Crippen LogP contribution in [0.4, 0.5) is 13.2 Å². The molecule has 114 valence electrons. The van der Waals surface area contributed by atoms with Gasteiger partial charge in [0.15, 0.2) is 0 Å². The maximum Gasteiger partial charge on any atom is 0.138 e. The van der Waals surface area contributed by atoms with Crippen LogP contribution in [0.2, 0.25) is 0 Å². The fourth-order valence-corrected chi connectivity index (χ4v) is 2.16. The Kier molecular flexibility index (Phi) is 4.92. The highest BCUT2D eigenvalue weighted by Gasteiger charge is 2.22. The van der Waals surface area contributed by atoms with Gasteiger partial charge in [-0.3, -0.25) is 16.0 Å². The van der Waals surface area contributed by atoms with Crippen LogP contribution in [0.15, 0.2) is 18.5 Å². The van der Waals surface area contributed by atoms with E-state index in [0.717, 1.165) is 6.42 Å². The zero-order chi connectivity index (χ0) is 15.4. The van der Waals surface area contributed by atoms with Crippen LogP contribution in [0.3, 0.4) is 0 Å². The predicted octanol–water partition coefficient (Wildman–Crippen LogP) is 1.85. The van der Waals surface area contributed by atoms with Gasteiger partial charge in [-0.25, -0.2) is 18.2 Å². The van der Waals surface area contributed by atoms with Crippen molar-refractivity contribution < 1.29 is 13.2 Å². The van der Waals surface area contributed by atoms with Gasteiger partial charge in [-0.1, -0.05) is 6.92 Å². The maximum atomic E-state index is 13.8. The minimum atomic E-state index is -0.989. The summed E-state index contributed by atoms with van der Waals surface area (Å²) in [5.74, 6) is 2.98. The van der Waals surface area contributed by atoms with Crippen molar-refractivity contribution in [3.63, 3.8) is 0 Å². The van der Waals surface area contributed by atoms with Gasteiger partial charge in [-0.05, 0) is 6.42 Å². The quantitative estimate of drug-likeness (QED) is 0.631. The Hall–Kier alpha value is -1.93. The molecular weight excluding hydrogens is 283 g/mol. The summed E-state index contributed by atoms with van der Waals surface area (Å²) >= 11 is 0. The Bertz CT molecular complexity index is 591. The SMILES string of the molecule is CCCn1ncnc1CC(NN)c1c(F)cc(F)cc1F. The van der Waals surface area contributed by atoms with Gasteiger partial charge < -0.3 is 0 Å². The minimum absolute atomic E-state index is 0.135. The van der Waals surface area contributed by atoms with Gasteiger partial charge in [-0.2, -0.15) is 5.10 Å². The second kappa shape index (κ2) is 6.68. The largest absolute Gasteiger partial charge is 0.271 e. The summed E-state index contributed by atoms with van der Waals surface area (Å²) in [5.41, 5.74) is 2.03. The average molecular weight is 299 g/mol. The Balaban J connectivity index is 2.30. The number of nitrogens with zero attached hydrogens (tertiary/aromatic N) is 3. The fraction of sp³-hybridized carbons (Fsp3) is 0.385. The number of nitrogens with one attached hydrogen (secondary N) is 1. The maximum absolute atomic E-state index is 13.8. The zero-order valence-corrected chi connectivity index (χ0v) is 11.5. The van der Waals surface area contributed by atoms with E-state index in [9.17, 15) is 13.2 Å². The van der Waals surface area contributed by atoms with Crippen molar-refractivity contribution in [2.45, 2.75) is 32.4 Å². The van der Waals surface area contributed by atoms with Gasteiger partial charge in [-0.15, -0.1) is 0 Å². The van der Waals surface area contributed by atoms with Crippen LogP contribution in [0.1, 0.15) is 30.8 Å². The van der Waals surface area contributed by atoms with E-state index in [-0.39, 0.29) is 12.0 Å². The molecule has 0 amide bonds. The van der Waals surface area contributed by atoms with E-state index in [4.69, 9.17) is 5.84 Å². The number of hydrogen-bond acceptors (Lipinski definition) is 4. The summed E-state index contributed by atoms with van der Waals surface area (Å²) in [6.07, 6.45) is 2.35. The summed E-state index contributed by atoms with van der Waals surface area (Å²) in [6, 6.07) is 0.379. The van der Waals surface area contributed by atoms with Crippen LogP contribution >= 0.6 is 0 Å². The molecule has 0 fully saturated rings. The third-order valence-corrected chi connectivity index (χ3v) is 3.11. The van der Waals surface area contributed by atoms with Crippen LogP contribution in [-0.4, -0.2) is 14.8 Å². The lowest BCUT2D eigenvalue weighted by atomic mass is 10.0. The molecule has 3 N–H and O–H groups in total. The topological polar surface area (TPSA) is 68.8 Å². The van der Waals surface area contributed by atoms with Gasteiger partial charge >= 0.3 is 0 Å². The fourth-order valence-electron chi connectivity index (χ4n) is 2.16. The number of benzene rings is 1. The Morgan fingerprint density at radius 2 is 1.95 bits per heavy atom. The summed E-state index contributed by atoms with van der Waals surface area (Å²) in [5, 5.41) is 4.04. The van der Waals surface area contributed by atoms with E-state index >= 15 is 0 Å². The van der Waals surface area contributed by atoms with Crippen LogP contribution < -0.4 is 11.3 Å². The first kappa shape index (κ1) is 15.5. The van der Waals surface area contributed by atoms with E-state index in [2.05, 4.69) is 15.5 Å². The number of rotatable bonds is 6. The van der Waals surface area contributed by atoms with Crippen molar-refractivity contribution >= 4 is 0 Å². The van der Waals surface area contributed by atoms with Gasteiger partial charge in [0.2, 0.25) is 0 Å². The van der Waals surface area contributed by atoms with Gasteiger partial charge in [0.25, 0.3) is 0 Å². The first-order chi connectivity index (χ1) is 10.1. The van der Waals surface area contributed by atoms with Gasteiger partial charge in [0, 0.05) is 30.7 Å². The smallest absolute Gasteiger partial charge is 0.138 e. The molecule has 5 nitrogen and oxygen atoms in total. The van der Waals surface area contributed by atoms with Crippen molar-refractivity contribution in [1.82, 2.24) is 20.2 Å². The highest BCUT2D eigenvalue weighted by Crippen LogP contribution is 2.24. The summed E-state index contributed by atoms with van der Waals surface area (Å²) in [7, 11) is 0. The van der Waals surface area contributed by atoms with Gasteiger partial charge in [0.1, 0.15) is 29.6 Å². The molecular formula is C13H16F3N5. The lowest BCUT2D eigenvalue weighted by Gasteiger charge is -2.17. The summed E-state index contributed by atoms with van der Waals surface area (Å²) in [4.78, 5) is 4.06. The molecule has 0 aliphatic heterocycles. The minimum Gasteiger partial charge on any atom is -0.271 e. The first-order valence-corrected chi connectivity index (χ1v) is 6.54. The molecule has 0 aliphatic rings. The molecule has 1 atom stereocenters. The monoisotopic (exact) mass is 299 g/mol. The molecule has 0 saturated carbocycles. The standard InChI is InChI=1S/C13H16F3N5/c1-2-3-21-12(18-7-19-21)6-11(20-17)13-9(15)4-8(14)5-10(13)16/h4-5,7,11,20H,2-3,6,17H2,1H3. The highest BCUT2D eigenvalue weighted by molar-refractivity contribution is 5.25. The molecule has 2 aromatic rings. The van der Waals surface area contributed by atoms with Crippen LogP contribution in [-0.2, 0) is 13.0 Å². The number of aryl methyl sites for hydroxylation is 1. The lowest BCUT2D eigenvalue weighted by molar-refractivity contribution is 0.445. The molecule has 0 radical (unpaired) electrons. The van der Waals surface area contributed by atoms with Crippen molar-refractivity contribution in [2.75, 3.05) is 0 Å². The van der Waals surface area contributed by atoms with Crippen molar-refractivity contribution in [1.29, 1.82) is 0 Å². The molecule has 0 aliphatic carbocycles. The average Bonchev–Trinajstić information content (AvgIpc) is 2.84. The number of nitrogens with two attached hydrogens (primary N) is 1. The van der Waals surface area contributed by atoms with Crippen molar-refractivity contribution in [2.24, 2.45) is 5.84 Å². The second-order valence-corrected chi connectivity index (χ2v) is 4.61. The zero-order valence-electron chi connectivity index (χ0n) is 11.5. The first-order valence-electron chi connectivity index (χ1n) is 6.54. The third-order valence-electron chi connectivity index (χ3n) is 3.11. The second-order valence-electron chi connectivity index (χ2n) is 4.61. The number of halogens is 3. The molecule has 1 heterocycles. The van der Waals surface area contributed by atoms with Crippen molar-refractivity contribution in [3.05, 3.63) is 47.3 Å². The molecule has 0 saturated heterocycles. The van der Waals surface area contributed by atoms with E-state index < -0.39 is 23.5 Å². The Labute approximate surface area is 119 Å². The Morgan fingerprint density at radius 3 is 2.52 bits per heavy atom. The van der Waals surface area contributed by atoms with E-state index in [1.807, 2.05) is 6.92 Å². The van der Waals surface area contributed by atoms with Crippen LogP contribution in [0.5, 0.6) is 0 Å². The number of hydrazine groups is 1. The molecule has 1 aromatic carbocycles. The van der Waals surface area contributed by atoms with Crippen LogP contribution in [0.25, 0.3) is 0 Å². The molecule has 1 aromatic heterocycles. The molecule has 0 bridgehead atoms. The summed E-state index contributed by atoms with van der Waals surface area (Å²) < 4.78 is 42.2. The molecule has 1 unspecified atom stereocenters. The van der Waals surface area contributed by atoms with E-state index in [0.29, 0.717) is 24.5 Å². The molecule has 2 rings (SSSR count). The normalized spacial score (nSPS) is 12.6. The Morgan fingerprint density at radius 1 is 1.29 bits per heavy atom. The lowest BCUT2D eigenvalue weighted by Crippen LogP contribution is -2.32. The highest BCUT2D eigenvalue weighted by atomic mass is 19.1. The third kappa shape index (κ3) is 3.40. The van der Waals surface area contributed by atoms with E-state index in [1.54, 1.807) is 4.68 Å².